The average Bonchev–Trinajstić information content (AvgIpc) is 3.02. The number of nitrogens with one attached hydrogen (secondary N) is 1. The molecule has 0 saturated heterocycles. The maximum Gasteiger partial charge on any atom is 0.238 e. The van der Waals surface area contributed by atoms with Crippen molar-refractivity contribution in [1.29, 1.82) is 0 Å². The van der Waals surface area contributed by atoms with E-state index < -0.39 is 0 Å². The van der Waals surface area contributed by atoms with E-state index in [4.69, 9.17) is 20.8 Å². The van der Waals surface area contributed by atoms with Gasteiger partial charge in [-0.05, 0) is 37.3 Å². The van der Waals surface area contributed by atoms with Crippen molar-refractivity contribution in [3.05, 3.63) is 65.1 Å². The smallest absolute Gasteiger partial charge is 0.238 e. The number of benzene rings is 1. The third-order valence-corrected chi connectivity index (χ3v) is 3.62. The van der Waals surface area contributed by atoms with Crippen LogP contribution in [0.1, 0.15) is 30.4 Å². The summed E-state index contributed by atoms with van der Waals surface area (Å²) in [6.07, 6.45) is 1.73. The molecule has 1 aromatic carbocycles. The Balaban J connectivity index is 1.64. The van der Waals surface area contributed by atoms with Crippen molar-refractivity contribution in [2.75, 3.05) is 5.32 Å². The van der Waals surface area contributed by atoms with Crippen LogP contribution in [0.25, 0.3) is 0 Å². The molecule has 7 heteroatoms. The summed E-state index contributed by atoms with van der Waals surface area (Å²) in [4.78, 5) is 4.21. The predicted octanol–water partition coefficient (Wildman–Crippen LogP) is 4.18. The minimum Gasteiger partial charge on any atom is -0.486 e. The standard InChI is InChI=1S/C17H17ClN4O2/c1-11(17-22-21-12(2)24-17)20-13-6-7-16(15(18)9-13)23-10-14-5-3-4-8-19-14/h3-9,11,20H,10H2,1-2H3. The van der Waals surface area contributed by atoms with Crippen LogP contribution in [0.5, 0.6) is 5.75 Å². The fourth-order valence-electron chi connectivity index (χ4n) is 2.14. The Morgan fingerprint density at radius 1 is 1.25 bits per heavy atom. The van der Waals surface area contributed by atoms with Crippen LogP contribution < -0.4 is 10.1 Å². The number of hydrogen-bond donors (Lipinski definition) is 1. The van der Waals surface area contributed by atoms with Gasteiger partial charge in [-0.2, -0.15) is 0 Å². The highest BCUT2D eigenvalue weighted by Gasteiger charge is 2.13. The molecule has 0 fully saturated rings. The second-order valence-electron chi connectivity index (χ2n) is 5.28. The van der Waals surface area contributed by atoms with E-state index in [9.17, 15) is 0 Å². The van der Waals surface area contributed by atoms with E-state index in [1.165, 1.54) is 0 Å². The molecule has 2 aromatic heterocycles. The number of nitrogens with zero attached hydrogens (tertiary/aromatic N) is 3. The largest absolute Gasteiger partial charge is 0.486 e. The predicted molar refractivity (Wildman–Crippen MR) is 91.1 cm³/mol. The number of halogens is 1. The SMILES string of the molecule is Cc1nnc(C(C)Nc2ccc(OCc3ccccn3)c(Cl)c2)o1. The minimum atomic E-state index is -0.123. The highest BCUT2D eigenvalue weighted by molar-refractivity contribution is 6.32. The van der Waals surface area contributed by atoms with Crippen LogP contribution in [0.3, 0.4) is 0 Å². The van der Waals surface area contributed by atoms with E-state index in [0.717, 1.165) is 11.4 Å². The molecule has 0 bridgehead atoms. The van der Waals surface area contributed by atoms with Gasteiger partial charge in [0.05, 0.1) is 10.7 Å². The zero-order chi connectivity index (χ0) is 16.9. The summed E-state index contributed by atoms with van der Waals surface area (Å²) in [6.45, 7) is 4.06. The van der Waals surface area contributed by atoms with Gasteiger partial charge in [-0.1, -0.05) is 17.7 Å². The molecule has 0 spiro atoms. The van der Waals surface area contributed by atoms with Crippen LogP contribution in [-0.2, 0) is 6.61 Å². The summed E-state index contributed by atoms with van der Waals surface area (Å²) in [5, 5.41) is 11.6. The number of aromatic nitrogens is 3. The Morgan fingerprint density at radius 3 is 2.79 bits per heavy atom. The molecule has 0 aliphatic carbocycles. The Bertz CT molecular complexity index is 807. The van der Waals surface area contributed by atoms with Gasteiger partial charge in [0.1, 0.15) is 18.4 Å². The lowest BCUT2D eigenvalue weighted by Crippen LogP contribution is -2.07. The van der Waals surface area contributed by atoms with Crippen molar-refractivity contribution >= 4 is 17.3 Å². The van der Waals surface area contributed by atoms with Crippen LogP contribution in [0, 0.1) is 6.92 Å². The van der Waals surface area contributed by atoms with Crippen LogP contribution >= 0.6 is 11.6 Å². The molecule has 2 heterocycles. The average molecular weight is 345 g/mol. The molecule has 0 saturated carbocycles. The first kappa shape index (κ1) is 16.3. The van der Waals surface area contributed by atoms with Gasteiger partial charge in [0.15, 0.2) is 0 Å². The van der Waals surface area contributed by atoms with Crippen LogP contribution in [-0.4, -0.2) is 15.2 Å². The molecule has 6 nitrogen and oxygen atoms in total. The molecule has 1 atom stereocenters. The quantitative estimate of drug-likeness (QED) is 0.723. The van der Waals surface area contributed by atoms with E-state index in [0.29, 0.717) is 29.2 Å². The molecule has 0 aliphatic heterocycles. The molecule has 1 N–H and O–H groups in total. The van der Waals surface area contributed by atoms with Gasteiger partial charge in [0.25, 0.3) is 0 Å². The summed E-state index contributed by atoms with van der Waals surface area (Å²) < 4.78 is 11.1. The highest BCUT2D eigenvalue weighted by atomic mass is 35.5. The Hall–Kier alpha value is -2.60. The van der Waals surface area contributed by atoms with E-state index in [1.54, 1.807) is 19.2 Å². The second kappa shape index (κ2) is 7.31. The fourth-order valence-corrected chi connectivity index (χ4v) is 2.38. The van der Waals surface area contributed by atoms with Crippen LogP contribution in [0.4, 0.5) is 5.69 Å². The summed E-state index contributed by atoms with van der Waals surface area (Å²) in [7, 11) is 0. The molecule has 124 valence electrons. The summed E-state index contributed by atoms with van der Waals surface area (Å²) in [5.74, 6) is 1.67. The van der Waals surface area contributed by atoms with Crippen molar-refractivity contribution < 1.29 is 9.15 Å². The van der Waals surface area contributed by atoms with Gasteiger partial charge in [0, 0.05) is 18.8 Å². The zero-order valence-electron chi connectivity index (χ0n) is 13.4. The number of hydrogen-bond acceptors (Lipinski definition) is 6. The lowest BCUT2D eigenvalue weighted by molar-refractivity contribution is 0.301. The van der Waals surface area contributed by atoms with Gasteiger partial charge in [-0.15, -0.1) is 10.2 Å². The molecule has 1 unspecified atom stereocenters. The monoisotopic (exact) mass is 344 g/mol. The van der Waals surface area contributed by atoms with E-state index in [2.05, 4.69) is 20.5 Å². The molecular weight excluding hydrogens is 328 g/mol. The van der Waals surface area contributed by atoms with Crippen molar-refractivity contribution in [3.63, 3.8) is 0 Å². The first-order valence-electron chi connectivity index (χ1n) is 7.50. The molecule has 0 aliphatic rings. The molecule has 24 heavy (non-hydrogen) atoms. The van der Waals surface area contributed by atoms with Crippen molar-refractivity contribution in [1.82, 2.24) is 15.2 Å². The number of anilines is 1. The van der Waals surface area contributed by atoms with Gasteiger partial charge in [-0.3, -0.25) is 4.98 Å². The molecule has 3 aromatic rings. The molecule has 3 rings (SSSR count). The third kappa shape index (κ3) is 4.02. The number of rotatable bonds is 6. The summed E-state index contributed by atoms with van der Waals surface area (Å²) in [6, 6.07) is 11.1. The molecular formula is C17H17ClN4O2. The van der Waals surface area contributed by atoms with E-state index >= 15 is 0 Å². The first-order valence-corrected chi connectivity index (χ1v) is 7.88. The van der Waals surface area contributed by atoms with Gasteiger partial charge in [0.2, 0.25) is 11.8 Å². The van der Waals surface area contributed by atoms with Gasteiger partial charge >= 0.3 is 0 Å². The van der Waals surface area contributed by atoms with E-state index in [-0.39, 0.29) is 6.04 Å². The van der Waals surface area contributed by atoms with Crippen molar-refractivity contribution in [2.45, 2.75) is 26.5 Å². The summed E-state index contributed by atoms with van der Waals surface area (Å²) >= 11 is 6.29. The highest BCUT2D eigenvalue weighted by Crippen LogP contribution is 2.29. The summed E-state index contributed by atoms with van der Waals surface area (Å²) in [5.41, 5.74) is 1.68. The van der Waals surface area contributed by atoms with Crippen molar-refractivity contribution in [3.8, 4) is 5.75 Å². The Kier molecular flexibility index (Phi) is 4.96. The lowest BCUT2D eigenvalue weighted by Gasteiger charge is -2.13. The van der Waals surface area contributed by atoms with Crippen molar-refractivity contribution in [2.24, 2.45) is 0 Å². The number of ether oxygens (including phenoxy) is 1. The second-order valence-corrected chi connectivity index (χ2v) is 5.69. The Labute approximate surface area is 144 Å². The lowest BCUT2D eigenvalue weighted by atomic mass is 10.2. The normalized spacial score (nSPS) is 12.0. The first-order chi connectivity index (χ1) is 11.6. The third-order valence-electron chi connectivity index (χ3n) is 3.33. The molecule has 0 amide bonds. The Morgan fingerprint density at radius 2 is 2.12 bits per heavy atom. The van der Waals surface area contributed by atoms with Crippen LogP contribution in [0.15, 0.2) is 47.0 Å². The maximum atomic E-state index is 6.29. The van der Waals surface area contributed by atoms with Gasteiger partial charge < -0.3 is 14.5 Å². The number of pyridine rings is 1. The topological polar surface area (TPSA) is 73.1 Å². The maximum absolute atomic E-state index is 6.29. The van der Waals surface area contributed by atoms with Gasteiger partial charge in [-0.25, -0.2) is 0 Å². The number of aryl methyl sites for hydroxylation is 1. The fraction of sp³-hybridized carbons (Fsp3) is 0.235. The van der Waals surface area contributed by atoms with Crippen LogP contribution in [0.2, 0.25) is 5.02 Å². The van der Waals surface area contributed by atoms with E-state index in [1.807, 2.05) is 37.3 Å². The zero-order valence-corrected chi connectivity index (χ0v) is 14.1. The minimum absolute atomic E-state index is 0.123. The molecule has 0 radical (unpaired) electrons.